The monoisotopic (exact) mass is 547 g/mol. The van der Waals surface area contributed by atoms with Crippen LogP contribution in [-0.2, 0) is 16.1 Å². The fraction of sp³-hybridized carbons (Fsp3) is 0.212. The molecule has 200 valence electrons. The Labute approximate surface area is 237 Å². The van der Waals surface area contributed by atoms with Crippen LogP contribution in [0, 0.1) is 0 Å². The van der Waals surface area contributed by atoms with E-state index in [2.05, 4.69) is 28.6 Å². The van der Waals surface area contributed by atoms with Crippen LogP contribution in [-0.4, -0.2) is 26.9 Å². The first-order chi connectivity index (χ1) is 19.6. The maximum atomic E-state index is 12.2. The molecule has 1 aliphatic carbocycles. The van der Waals surface area contributed by atoms with Crippen LogP contribution < -0.4 is 0 Å². The van der Waals surface area contributed by atoms with Crippen molar-refractivity contribution in [3.63, 3.8) is 0 Å². The van der Waals surface area contributed by atoms with Crippen molar-refractivity contribution in [2.24, 2.45) is 4.99 Å². The predicted molar refractivity (Wildman–Crippen MR) is 159 cm³/mol. The predicted octanol–water partition coefficient (Wildman–Crippen LogP) is 8.13. The number of fused-ring (bicyclic) bond motifs is 1. The standard InChI is InChI=1S/C33H29N3O3S/c37-33(38)29(26-10-5-15-34-19-26)18-31(39-20-22-6-2-1-3-7-22)35-28-14-13-23-11-12-25(16-27(23)17-28)32-36-30(21-40-32)24-8-4-9-24/h1-3,5-7,10-17,19,21,24,29H,4,8-9,18,20H2,(H,37,38). The summed E-state index contributed by atoms with van der Waals surface area (Å²) in [5.74, 6) is -0.801. The summed E-state index contributed by atoms with van der Waals surface area (Å²) in [6, 6.07) is 25.7. The zero-order chi connectivity index (χ0) is 27.3. The van der Waals surface area contributed by atoms with Crippen molar-refractivity contribution in [1.29, 1.82) is 0 Å². The van der Waals surface area contributed by atoms with Gasteiger partial charge in [-0.05, 0) is 59.0 Å². The average molecular weight is 548 g/mol. The molecule has 0 saturated heterocycles. The van der Waals surface area contributed by atoms with Gasteiger partial charge in [-0.15, -0.1) is 11.3 Å². The molecule has 0 spiro atoms. The summed E-state index contributed by atoms with van der Waals surface area (Å²) in [6.45, 7) is 0.296. The van der Waals surface area contributed by atoms with Crippen molar-refractivity contribution in [3.05, 3.63) is 113 Å². The lowest BCUT2D eigenvalue weighted by Crippen LogP contribution is -2.18. The van der Waals surface area contributed by atoms with Gasteiger partial charge in [-0.3, -0.25) is 9.78 Å². The van der Waals surface area contributed by atoms with Crippen molar-refractivity contribution in [2.45, 2.75) is 44.1 Å². The quantitative estimate of drug-likeness (QED) is 0.149. The highest BCUT2D eigenvalue weighted by Gasteiger charge is 2.24. The maximum Gasteiger partial charge on any atom is 0.311 e. The molecular formula is C33H29N3O3S. The van der Waals surface area contributed by atoms with Gasteiger partial charge in [0.1, 0.15) is 11.6 Å². The first-order valence-electron chi connectivity index (χ1n) is 13.5. The smallest absolute Gasteiger partial charge is 0.311 e. The highest BCUT2D eigenvalue weighted by Crippen LogP contribution is 2.38. The van der Waals surface area contributed by atoms with E-state index in [9.17, 15) is 9.90 Å². The molecule has 1 N–H and O–H groups in total. The van der Waals surface area contributed by atoms with Gasteiger partial charge in [0, 0.05) is 35.7 Å². The number of benzene rings is 3. The maximum absolute atomic E-state index is 12.2. The van der Waals surface area contributed by atoms with Crippen LogP contribution >= 0.6 is 11.3 Å². The Morgan fingerprint density at radius 2 is 1.88 bits per heavy atom. The molecule has 1 aliphatic rings. The van der Waals surface area contributed by atoms with Gasteiger partial charge in [-0.2, -0.15) is 0 Å². The second-order valence-electron chi connectivity index (χ2n) is 10.1. The van der Waals surface area contributed by atoms with Gasteiger partial charge in [0.15, 0.2) is 5.90 Å². The van der Waals surface area contributed by atoms with E-state index in [4.69, 9.17) is 14.7 Å². The number of aromatic nitrogens is 2. The minimum Gasteiger partial charge on any atom is -0.481 e. The molecule has 0 aliphatic heterocycles. The molecule has 1 unspecified atom stereocenters. The molecule has 7 heteroatoms. The third-order valence-corrected chi connectivity index (χ3v) is 8.29. The molecule has 6 rings (SSSR count). The Balaban J connectivity index is 1.31. The van der Waals surface area contributed by atoms with Gasteiger partial charge in [0.2, 0.25) is 0 Å². The second kappa shape index (κ2) is 11.8. The molecule has 1 fully saturated rings. The molecule has 5 aromatic rings. The van der Waals surface area contributed by atoms with Crippen molar-refractivity contribution < 1.29 is 14.6 Å². The van der Waals surface area contributed by atoms with Gasteiger partial charge in [-0.25, -0.2) is 9.98 Å². The number of thiazole rings is 1. The molecule has 2 aromatic heterocycles. The lowest BCUT2D eigenvalue weighted by Gasteiger charge is -2.22. The Bertz CT molecular complexity index is 1650. The number of aliphatic imine (C=N–C) groups is 1. The van der Waals surface area contributed by atoms with E-state index >= 15 is 0 Å². The SMILES string of the molecule is O=C(O)C(CC(=Nc1ccc2ccc(-c3nc(C4CCC4)cs3)cc2c1)OCc1ccccc1)c1cccnc1. The zero-order valence-corrected chi connectivity index (χ0v) is 22.8. The van der Waals surface area contributed by atoms with Crippen LogP contribution in [0.15, 0.2) is 102 Å². The number of carboxylic acids is 1. The van der Waals surface area contributed by atoms with Crippen molar-refractivity contribution >= 4 is 39.7 Å². The van der Waals surface area contributed by atoms with Crippen molar-refractivity contribution in [2.75, 3.05) is 0 Å². The normalized spacial score (nSPS) is 14.6. The van der Waals surface area contributed by atoms with Crippen LogP contribution in [0.3, 0.4) is 0 Å². The molecule has 0 radical (unpaired) electrons. The third kappa shape index (κ3) is 5.95. The van der Waals surface area contributed by atoms with Crippen LogP contribution in [0.5, 0.6) is 0 Å². The summed E-state index contributed by atoms with van der Waals surface area (Å²) >= 11 is 1.70. The average Bonchev–Trinajstić information content (AvgIpc) is 3.43. The number of hydrogen-bond acceptors (Lipinski definition) is 6. The lowest BCUT2D eigenvalue weighted by molar-refractivity contribution is -0.138. The van der Waals surface area contributed by atoms with E-state index in [-0.39, 0.29) is 6.42 Å². The summed E-state index contributed by atoms with van der Waals surface area (Å²) < 4.78 is 6.14. The molecule has 0 bridgehead atoms. The Morgan fingerprint density at radius 3 is 2.62 bits per heavy atom. The summed E-state index contributed by atoms with van der Waals surface area (Å²) in [6.07, 6.45) is 7.09. The zero-order valence-electron chi connectivity index (χ0n) is 21.9. The number of carbonyl (C=O) groups is 1. The number of rotatable bonds is 9. The summed E-state index contributed by atoms with van der Waals surface area (Å²) in [5.41, 5.74) is 4.60. The highest BCUT2D eigenvalue weighted by atomic mass is 32.1. The molecule has 6 nitrogen and oxygen atoms in total. The van der Waals surface area contributed by atoms with E-state index in [1.54, 1.807) is 35.9 Å². The number of ether oxygens (including phenoxy) is 1. The van der Waals surface area contributed by atoms with E-state index in [0.29, 0.717) is 29.7 Å². The fourth-order valence-corrected chi connectivity index (χ4v) is 5.77. The van der Waals surface area contributed by atoms with E-state index in [1.165, 1.54) is 25.0 Å². The fourth-order valence-electron chi connectivity index (χ4n) is 4.87. The molecule has 3 aromatic carbocycles. The topological polar surface area (TPSA) is 84.7 Å². The number of hydrogen-bond donors (Lipinski definition) is 1. The van der Waals surface area contributed by atoms with Crippen molar-refractivity contribution in [3.8, 4) is 10.6 Å². The molecule has 1 atom stereocenters. The second-order valence-corrected chi connectivity index (χ2v) is 11.0. The van der Waals surface area contributed by atoms with Gasteiger partial charge in [0.25, 0.3) is 0 Å². The number of pyridine rings is 1. The minimum absolute atomic E-state index is 0.106. The third-order valence-electron chi connectivity index (χ3n) is 7.38. The number of nitrogens with zero attached hydrogens (tertiary/aromatic N) is 3. The van der Waals surface area contributed by atoms with Gasteiger partial charge in [0.05, 0.1) is 17.3 Å². The van der Waals surface area contributed by atoms with Gasteiger partial charge < -0.3 is 9.84 Å². The van der Waals surface area contributed by atoms with Crippen LogP contribution in [0.2, 0.25) is 0 Å². The van der Waals surface area contributed by atoms with E-state index in [1.807, 2.05) is 48.5 Å². The van der Waals surface area contributed by atoms with Crippen LogP contribution in [0.4, 0.5) is 5.69 Å². The molecular weight excluding hydrogens is 518 g/mol. The summed E-state index contributed by atoms with van der Waals surface area (Å²) in [4.78, 5) is 26.1. The molecule has 0 amide bonds. The van der Waals surface area contributed by atoms with Crippen LogP contribution in [0.25, 0.3) is 21.3 Å². The van der Waals surface area contributed by atoms with Crippen LogP contribution in [0.1, 0.15) is 54.3 Å². The molecule has 2 heterocycles. The number of carboxylic acid groups (broad SMARTS) is 1. The van der Waals surface area contributed by atoms with Crippen molar-refractivity contribution in [1.82, 2.24) is 9.97 Å². The highest BCUT2D eigenvalue weighted by molar-refractivity contribution is 7.13. The van der Waals surface area contributed by atoms with E-state index in [0.717, 1.165) is 26.9 Å². The van der Waals surface area contributed by atoms with Gasteiger partial charge in [-0.1, -0.05) is 61.0 Å². The van der Waals surface area contributed by atoms with E-state index < -0.39 is 11.9 Å². The Kier molecular flexibility index (Phi) is 7.64. The Hall–Kier alpha value is -4.36. The first-order valence-corrected chi connectivity index (χ1v) is 14.4. The Morgan fingerprint density at radius 1 is 1.02 bits per heavy atom. The molecule has 1 saturated carbocycles. The number of aliphatic carboxylic acids is 1. The first kappa shape index (κ1) is 25.9. The molecule has 40 heavy (non-hydrogen) atoms. The summed E-state index contributed by atoms with van der Waals surface area (Å²) in [7, 11) is 0. The largest absolute Gasteiger partial charge is 0.481 e. The van der Waals surface area contributed by atoms with Gasteiger partial charge >= 0.3 is 5.97 Å². The summed E-state index contributed by atoms with van der Waals surface area (Å²) in [5, 5.41) is 15.4. The lowest BCUT2D eigenvalue weighted by atomic mass is 9.83. The minimum atomic E-state index is -0.947.